The zero-order valence-corrected chi connectivity index (χ0v) is 9.09. The summed E-state index contributed by atoms with van der Waals surface area (Å²) in [5.74, 6) is 0.773. The summed E-state index contributed by atoms with van der Waals surface area (Å²) in [4.78, 5) is 10.8. The molecule has 2 rings (SSSR count). The fraction of sp³-hybridized carbons (Fsp3) is 0.143. The topological polar surface area (TPSA) is 26.3 Å². The van der Waals surface area contributed by atoms with E-state index in [4.69, 9.17) is 4.74 Å². The average molecular weight is 213 g/mol. The number of rotatable bonds is 3. The van der Waals surface area contributed by atoms with Crippen molar-refractivity contribution in [3.63, 3.8) is 0 Å². The first-order chi connectivity index (χ1) is 7.85. The van der Waals surface area contributed by atoms with Gasteiger partial charge < -0.3 is 9.53 Å². The normalized spacial score (nSPS) is 23.2. The summed E-state index contributed by atoms with van der Waals surface area (Å²) >= 11 is 0. The summed E-state index contributed by atoms with van der Waals surface area (Å²) in [7, 11) is 1.58. The van der Waals surface area contributed by atoms with Gasteiger partial charge in [-0.15, -0.1) is 0 Å². The van der Waals surface area contributed by atoms with Crippen LogP contribution in [0.2, 0.25) is 0 Å². The summed E-state index contributed by atoms with van der Waals surface area (Å²) in [6, 6.07) is 10.1. The Labute approximate surface area is 96.6 Å². The summed E-state index contributed by atoms with van der Waals surface area (Å²) in [5.41, 5.74) is 1.19. The highest BCUT2D eigenvalue weighted by molar-refractivity contribution is 5.78. The van der Waals surface area contributed by atoms with Crippen LogP contribution in [0.15, 0.2) is 30.3 Å². The van der Waals surface area contributed by atoms with Crippen molar-refractivity contribution in [2.75, 3.05) is 7.11 Å². The van der Waals surface area contributed by atoms with Crippen molar-refractivity contribution < 1.29 is 9.53 Å². The van der Waals surface area contributed by atoms with E-state index in [1.807, 2.05) is 37.5 Å². The third-order valence-electron chi connectivity index (χ3n) is 2.63. The molecular formula is C14H13O2. The van der Waals surface area contributed by atoms with E-state index in [-0.39, 0.29) is 5.92 Å². The summed E-state index contributed by atoms with van der Waals surface area (Å²) in [6.07, 6.45) is 7.23. The molecule has 0 amide bonds. The zero-order valence-electron chi connectivity index (χ0n) is 9.09. The van der Waals surface area contributed by atoms with Gasteiger partial charge in [0.2, 0.25) is 0 Å². The van der Waals surface area contributed by atoms with Crippen LogP contribution in [0.4, 0.5) is 0 Å². The molecule has 0 N–H and O–H groups in total. The highest BCUT2D eigenvalue weighted by Gasteiger charge is 2.33. The van der Waals surface area contributed by atoms with Gasteiger partial charge >= 0.3 is 0 Å². The molecule has 0 unspecified atom stereocenters. The Balaban J connectivity index is 2.07. The zero-order chi connectivity index (χ0) is 11.4. The van der Waals surface area contributed by atoms with E-state index >= 15 is 0 Å². The molecule has 0 saturated heterocycles. The number of aldehydes is 1. The molecule has 1 aliphatic rings. The molecule has 2 heteroatoms. The van der Waals surface area contributed by atoms with Gasteiger partial charge in [-0.05, 0) is 24.3 Å². The monoisotopic (exact) mass is 213 g/mol. The van der Waals surface area contributed by atoms with Crippen molar-refractivity contribution in [2.45, 2.75) is 5.92 Å². The minimum absolute atomic E-state index is 0.180. The molecule has 0 aliphatic heterocycles. The molecule has 2 nitrogen and oxygen atoms in total. The van der Waals surface area contributed by atoms with Gasteiger partial charge in [-0.25, -0.2) is 0 Å². The van der Waals surface area contributed by atoms with E-state index in [1.54, 1.807) is 7.11 Å². The number of carbonyl (C=O) groups is 1. The standard InChI is InChI=1S/C14H13O2/c1-16-14-9-12(7-8-13(14)10-15)11-5-3-2-4-6-11/h2-10,12H,1H3/t12-/m1/s1. The summed E-state index contributed by atoms with van der Waals surface area (Å²) in [5, 5.41) is 0. The average Bonchev–Trinajstić information content (AvgIpc) is 2.39. The highest BCUT2D eigenvalue weighted by Crippen LogP contribution is 2.39. The van der Waals surface area contributed by atoms with Crippen molar-refractivity contribution in [3.05, 3.63) is 67.2 Å². The molecule has 81 valence electrons. The number of methoxy groups -OCH3 is 1. The number of hydrogen-bond acceptors (Lipinski definition) is 2. The Morgan fingerprint density at radius 2 is 2.00 bits per heavy atom. The number of carbonyl (C=O) groups excluding carboxylic acids is 1. The molecule has 0 bridgehead atoms. The van der Waals surface area contributed by atoms with Crippen LogP contribution < -0.4 is 0 Å². The van der Waals surface area contributed by atoms with Crippen molar-refractivity contribution in [2.24, 2.45) is 0 Å². The van der Waals surface area contributed by atoms with Crippen LogP contribution in [0, 0.1) is 31.3 Å². The maximum absolute atomic E-state index is 10.8. The van der Waals surface area contributed by atoms with E-state index in [2.05, 4.69) is 12.1 Å². The minimum atomic E-state index is 0.180. The molecule has 0 heterocycles. The third-order valence-corrected chi connectivity index (χ3v) is 2.63. The Morgan fingerprint density at radius 1 is 1.25 bits per heavy atom. The number of benzene rings is 1. The maximum Gasteiger partial charge on any atom is 0.130 e. The van der Waals surface area contributed by atoms with Crippen LogP contribution >= 0.6 is 0 Å². The summed E-state index contributed by atoms with van der Waals surface area (Å²) in [6.45, 7) is 0. The molecule has 5 radical (unpaired) electrons. The smallest absolute Gasteiger partial charge is 0.130 e. The lowest BCUT2D eigenvalue weighted by Gasteiger charge is -2.30. The lowest BCUT2D eigenvalue weighted by atomic mass is 9.77. The Morgan fingerprint density at radius 3 is 2.62 bits per heavy atom. The number of ether oxygens (including phenoxy) is 1. The van der Waals surface area contributed by atoms with E-state index in [0.717, 1.165) is 6.29 Å². The predicted molar refractivity (Wildman–Crippen MR) is 61.6 cm³/mol. The van der Waals surface area contributed by atoms with Crippen molar-refractivity contribution in [1.82, 2.24) is 0 Å². The van der Waals surface area contributed by atoms with Crippen LogP contribution in [0.5, 0.6) is 0 Å². The lowest BCUT2D eigenvalue weighted by Crippen LogP contribution is -2.24. The van der Waals surface area contributed by atoms with Gasteiger partial charge in [-0.2, -0.15) is 0 Å². The molecule has 1 atom stereocenters. The van der Waals surface area contributed by atoms with Gasteiger partial charge in [-0.1, -0.05) is 30.3 Å². The van der Waals surface area contributed by atoms with Gasteiger partial charge in [0.1, 0.15) is 12.4 Å². The van der Waals surface area contributed by atoms with Crippen LogP contribution in [-0.2, 0) is 9.53 Å². The first-order valence-electron chi connectivity index (χ1n) is 5.16. The Hall–Kier alpha value is -1.15. The van der Waals surface area contributed by atoms with E-state index in [9.17, 15) is 4.79 Å². The fourth-order valence-electron chi connectivity index (χ4n) is 1.77. The lowest BCUT2D eigenvalue weighted by molar-refractivity contribution is -0.106. The quantitative estimate of drug-likeness (QED) is 0.720. The predicted octanol–water partition coefficient (Wildman–Crippen LogP) is 2.35. The number of hydrogen-bond donors (Lipinski definition) is 0. The van der Waals surface area contributed by atoms with Gasteiger partial charge in [0.05, 0.1) is 5.92 Å². The third kappa shape index (κ3) is 2.33. The highest BCUT2D eigenvalue weighted by atomic mass is 16.5. The van der Waals surface area contributed by atoms with Gasteiger partial charge in [0.15, 0.2) is 0 Å². The van der Waals surface area contributed by atoms with Gasteiger partial charge in [0.25, 0.3) is 0 Å². The van der Waals surface area contributed by atoms with Crippen molar-refractivity contribution in [1.29, 1.82) is 0 Å². The molecule has 1 saturated carbocycles. The fourth-order valence-corrected chi connectivity index (χ4v) is 1.77. The van der Waals surface area contributed by atoms with Crippen molar-refractivity contribution in [3.8, 4) is 0 Å². The molecule has 16 heavy (non-hydrogen) atoms. The largest absolute Gasteiger partial charge is 0.374 e. The molecular weight excluding hydrogens is 200 g/mol. The molecule has 1 aliphatic carbocycles. The minimum Gasteiger partial charge on any atom is -0.374 e. The molecule has 0 spiro atoms. The second kappa shape index (κ2) is 5.26. The molecule has 0 aromatic heterocycles. The van der Waals surface area contributed by atoms with Crippen LogP contribution in [0.25, 0.3) is 0 Å². The second-order valence-corrected chi connectivity index (χ2v) is 3.60. The first kappa shape index (κ1) is 11.3. The van der Waals surface area contributed by atoms with E-state index in [0.29, 0.717) is 12.0 Å². The van der Waals surface area contributed by atoms with Gasteiger partial charge in [-0.3, -0.25) is 0 Å². The molecule has 1 aromatic carbocycles. The van der Waals surface area contributed by atoms with E-state index in [1.165, 1.54) is 5.56 Å². The maximum atomic E-state index is 10.8. The van der Waals surface area contributed by atoms with Crippen molar-refractivity contribution >= 4 is 6.29 Å². The Kier molecular flexibility index (Phi) is 3.73. The van der Waals surface area contributed by atoms with Crippen LogP contribution in [0.1, 0.15) is 11.5 Å². The molecule has 1 fully saturated rings. The SMILES string of the molecule is CO[C]1[CH][C@H](c2ccccc2)[CH][CH][C]1C=O. The van der Waals surface area contributed by atoms with Gasteiger partial charge in [0, 0.05) is 13.5 Å². The van der Waals surface area contributed by atoms with E-state index < -0.39 is 0 Å². The Bertz CT molecular complexity index is 334. The second-order valence-electron chi connectivity index (χ2n) is 3.60. The first-order valence-corrected chi connectivity index (χ1v) is 5.16. The van der Waals surface area contributed by atoms with Crippen LogP contribution in [-0.4, -0.2) is 13.4 Å². The molecule has 1 aromatic rings. The summed E-state index contributed by atoms with van der Waals surface area (Å²) < 4.78 is 5.19. The van der Waals surface area contributed by atoms with Crippen LogP contribution in [0.3, 0.4) is 0 Å².